The predicted molar refractivity (Wildman–Crippen MR) is 81.3 cm³/mol. The second-order valence-corrected chi connectivity index (χ2v) is 6.19. The molecule has 1 atom stereocenters. The van der Waals surface area contributed by atoms with E-state index in [1.807, 2.05) is 0 Å². The van der Waals surface area contributed by atoms with Crippen LogP contribution in [-0.2, 0) is 16.0 Å². The summed E-state index contributed by atoms with van der Waals surface area (Å²) in [5.74, 6) is -0.962. The highest BCUT2D eigenvalue weighted by Gasteiger charge is 2.38. The molecule has 126 valence electrons. The Morgan fingerprint density at radius 3 is 2.78 bits per heavy atom. The number of carbonyl (C=O) groups is 2. The zero-order valence-electron chi connectivity index (χ0n) is 13.4. The van der Waals surface area contributed by atoms with Gasteiger partial charge in [0.2, 0.25) is 5.91 Å². The Morgan fingerprint density at radius 2 is 2.17 bits per heavy atom. The number of carbonyl (C=O) groups excluding carboxylic acids is 2. The number of hydrogen-bond donors (Lipinski definition) is 2. The molecule has 0 radical (unpaired) electrons. The van der Waals surface area contributed by atoms with Crippen molar-refractivity contribution in [1.82, 2.24) is 10.2 Å². The molecule has 0 fully saturated rings. The summed E-state index contributed by atoms with van der Waals surface area (Å²) < 4.78 is 18.4. The number of halogens is 1. The third-order valence-electron chi connectivity index (χ3n) is 3.85. The van der Waals surface area contributed by atoms with Crippen molar-refractivity contribution in [2.45, 2.75) is 31.8 Å². The van der Waals surface area contributed by atoms with E-state index in [0.29, 0.717) is 18.5 Å². The molecule has 1 aromatic carbocycles. The first kappa shape index (κ1) is 17.2. The van der Waals surface area contributed by atoms with E-state index in [1.165, 1.54) is 24.1 Å². The molecule has 0 spiro atoms. The van der Waals surface area contributed by atoms with Crippen LogP contribution in [0.25, 0.3) is 0 Å². The zero-order valence-corrected chi connectivity index (χ0v) is 13.4. The second-order valence-electron chi connectivity index (χ2n) is 6.19. The number of benzene rings is 1. The summed E-state index contributed by atoms with van der Waals surface area (Å²) in [7, 11) is 1.23. The van der Waals surface area contributed by atoms with Crippen molar-refractivity contribution < 1.29 is 23.8 Å². The minimum absolute atomic E-state index is 0.264. The van der Waals surface area contributed by atoms with Crippen LogP contribution in [0.3, 0.4) is 0 Å². The van der Waals surface area contributed by atoms with Gasteiger partial charge < -0.3 is 15.2 Å². The lowest BCUT2D eigenvalue weighted by molar-refractivity contribution is -0.128. The van der Waals surface area contributed by atoms with Crippen molar-refractivity contribution in [3.05, 3.63) is 35.1 Å². The van der Waals surface area contributed by atoms with Gasteiger partial charge in [-0.3, -0.25) is 9.69 Å². The molecular formula is C16H21FN2O4. The Labute approximate surface area is 134 Å². The van der Waals surface area contributed by atoms with Gasteiger partial charge in [-0.2, -0.15) is 0 Å². The van der Waals surface area contributed by atoms with Crippen LogP contribution in [0.2, 0.25) is 0 Å². The quantitative estimate of drug-likeness (QED) is 0.880. The molecule has 0 saturated carbocycles. The summed E-state index contributed by atoms with van der Waals surface area (Å²) in [5.41, 5.74) is 0.394. The third kappa shape index (κ3) is 3.61. The molecule has 2 N–H and O–H groups in total. The molecule has 0 saturated heterocycles. The number of aliphatic hydroxyl groups is 1. The number of nitrogens with one attached hydrogen (secondary N) is 1. The minimum Gasteiger partial charge on any atom is -0.453 e. The summed E-state index contributed by atoms with van der Waals surface area (Å²) in [6.07, 6.45) is -0.139. The van der Waals surface area contributed by atoms with E-state index < -0.39 is 29.4 Å². The van der Waals surface area contributed by atoms with Crippen LogP contribution in [0.1, 0.15) is 31.0 Å². The monoisotopic (exact) mass is 324 g/mol. The minimum atomic E-state index is -0.993. The van der Waals surface area contributed by atoms with Gasteiger partial charge in [-0.15, -0.1) is 0 Å². The van der Waals surface area contributed by atoms with Gasteiger partial charge in [-0.05, 0) is 43.5 Å². The summed E-state index contributed by atoms with van der Waals surface area (Å²) >= 11 is 0. The SMILES string of the molecule is COC(=O)N1CCc2ccc(F)cc2[C@@H]1C(=O)NC(C)(C)CO. The highest BCUT2D eigenvalue weighted by atomic mass is 19.1. The first-order valence-corrected chi connectivity index (χ1v) is 7.35. The van der Waals surface area contributed by atoms with Crippen molar-refractivity contribution in [3.63, 3.8) is 0 Å². The maximum Gasteiger partial charge on any atom is 0.410 e. The van der Waals surface area contributed by atoms with E-state index in [-0.39, 0.29) is 6.61 Å². The lowest BCUT2D eigenvalue weighted by Crippen LogP contribution is -2.53. The number of rotatable bonds is 3. The van der Waals surface area contributed by atoms with Gasteiger partial charge in [0.25, 0.3) is 0 Å². The van der Waals surface area contributed by atoms with Gasteiger partial charge in [0.1, 0.15) is 11.9 Å². The van der Waals surface area contributed by atoms with E-state index in [4.69, 9.17) is 4.74 Å². The molecule has 6 nitrogen and oxygen atoms in total. The number of fused-ring (bicyclic) bond motifs is 1. The van der Waals surface area contributed by atoms with Crippen molar-refractivity contribution in [2.75, 3.05) is 20.3 Å². The Kier molecular flexibility index (Phi) is 4.89. The van der Waals surface area contributed by atoms with E-state index in [0.717, 1.165) is 5.56 Å². The van der Waals surface area contributed by atoms with E-state index in [2.05, 4.69) is 5.32 Å². The fourth-order valence-electron chi connectivity index (χ4n) is 2.62. The largest absolute Gasteiger partial charge is 0.453 e. The number of aliphatic hydroxyl groups excluding tert-OH is 1. The normalized spacial score (nSPS) is 17.4. The molecule has 0 unspecified atom stereocenters. The third-order valence-corrected chi connectivity index (χ3v) is 3.85. The van der Waals surface area contributed by atoms with Gasteiger partial charge in [-0.1, -0.05) is 6.07 Å². The van der Waals surface area contributed by atoms with E-state index >= 15 is 0 Å². The smallest absolute Gasteiger partial charge is 0.410 e. The Balaban J connectivity index is 2.42. The van der Waals surface area contributed by atoms with Gasteiger partial charge in [0.15, 0.2) is 0 Å². The molecule has 0 aromatic heterocycles. The van der Waals surface area contributed by atoms with Crippen molar-refractivity contribution in [3.8, 4) is 0 Å². The summed E-state index contributed by atoms with van der Waals surface area (Å²) in [6, 6.07) is 3.23. The van der Waals surface area contributed by atoms with Crippen LogP contribution in [0.15, 0.2) is 18.2 Å². The van der Waals surface area contributed by atoms with Gasteiger partial charge >= 0.3 is 6.09 Å². The fraction of sp³-hybridized carbons (Fsp3) is 0.500. The molecule has 2 rings (SSSR count). The van der Waals surface area contributed by atoms with Gasteiger partial charge in [0.05, 0.1) is 19.3 Å². The maximum absolute atomic E-state index is 13.6. The summed E-state index contributed by atoms with van der Waals surface area (Å²) in [4.78, 5) is 25.9. The van der Waals surface area contributed by atoms with Crippen LogP contribution in [-0.4, -0.2) is 47.8 Å². The molecular weight excluding hydrogens is 303 g/mol. The maximum atomic E-state index is 13.6. The first-order valence-electron chi connectivity index (χ1n) is 7.35. The average molecular weight is 324 g/mol. The van der Waals surface area contributed by atoms with Crippen molar-refractivity contribution in [1.29, 1.82) is 0 Å². The average Bonchev–Trinajstić information content (AvgIpc) is 2.52. The Bertz CT molecular complexity index is 618. The van der Waals surface area contributed by atoms with E-state index in [1.54, 1.807) is 19.9 Å². The van der Waals surface area contributed by atoms with Gasteiger partial charge in [0, 0.05) is 6.54 Å². The van der Waals surface area contributed by atoms with Crippen molar-refractivity contribution in [2.24, 2.45) is 0 Å². The van der Waals surface area contributed by atoms with Gasteiger partial charge in [-0.25, -0.2) is 9.18 Å². The summed E-state index contributed by atoms with van der Waals surface area (Å²) in [5, 5.41) is 12.0. The lowest BCUT2D eigenvalue weighted by atomic mass is 9.91. The molecule has 2 amide bonds. The molecule has 1 aliphatic rings. The molecule has 0 aliphatic carbocycles. The number of nitrogens with zero attached hydrogens (tertiary/aromatic N) is 1. The number of methoxy groups -OCH3 is 1. The zero-order chi connectivity index (χ0) is 17.2. The van der Waals surface area contributed by atoms with Crippen LogP contribution in [0.4, 0.5) is 9.18 Å². The second kappa shape index (κ2) is 6.54. The molecule has 23 heavy (non-hydrogen) atoms. The summed E-state index contributed by atoms with van der Waals surface area (Å²) in [6.45, 7) is 3.34. The van der Waals surface area contributed by atoms with E-state index in [9.17, 15) is 19.1 Å². The molecule has 1 aromatic rings. The Hall–Kier alpha value is -2.15. The predicted octanol–water partition coefficient (Wildman–Crippen LogP) is 1.38. The molecule has 1 heterocycles. The number of hydrogen-bond acceptors (Lipinski definition) is 4. The lowest BCUT2D eigenvalue weighted by Gasteiger charge is -2.37. The highest BCUT2D eigenvalue weighted by Crippen LogP contribution is 2.31. The Morgan fingerprint density at radius 1 is 1.48 bits per heavy atom. The number of ether oxygens (including phenoxy) is 1. The van der Waals surface area contributed by atoms with Crippen LogP contribution >= 0.6 is 0 Å². The van der Waals surface area contributed by atoms with Crippen LogP contribution in [0, 0.1) is 5.82 Å². The number of amides is 2. The standard InChI is InChI=1S/C16H21FN2O4/c1-16(2,9-20)18-14(21)13-12-8-11(17)5-4-10(12)6-7-19(13)15(22)23-3/h4-5,8,13,20H,6-7,9H2,1-3H3,(H,18,21)/t13-/m1/s1. The molecule has 0 bridgehead atoms. The first-order chi connectivity index (χ1) is 10.8. The fourth-order valence-corrected chi connectivity index (χ4v) is 2.62. The van der Waals surface area contributed by atoms with Crippen LogP contribution in [0.5, 0.6) is 0 Å². The molecule has 7 heteroatoms. The van der Waals surface area contributed by atoms with Crippen LogP contribution < -0.4 is 5.32 Å². The van der Waals surface area contributed by atoms with Crippen molar-refractivity contribution >= 4 is 12.0 Å². The topological polar surface area (TPSA) is 78.9 Å². The highest BCUT2D eigenvalue weighted by molar-refractivity contribution is 5.88. The molecule has 1 aliphatic heterocycles.